The van der Waals surface area contributed by atoms with Crippen LogP contribution in [0, 0.1) is 0 Å². The van der Waals surface area contributed by atoms with Gasteiger partial charge in [0, 0.05) is 25.6 Å². The molecule has 320 valence electrons. The van der Waals surface area contributed by atoms with Crippen LogP contribution in [0.25, 0.3) is 33.6 Å². The lowest BCUT2D eigenvalue weighted by Crippen LogP contribution is -2.43. The Kier molecular flexibility index (Phi) is 13.2. The Bertz CT molecular complexity index is 2410. The second kappa shape index (κ2) is 19.5. The van der Waals surface area contributed by atoms with Gasteiger partial charge in [-0.2, -0.15) is 0 Å². The first-order chi connectivity index (χ1) is 30.3. The van der Waals surface area contributed by atoms with E-state index in [-0.39, 0.29) is 36.4 Å². The van der Waals surface area contributed by atoms with Gasteiger partial charge in [-0.15, -0.1) is 0 Å². The maximum absolute atomic E-state index is 14.2. The average molecular weight is 833 g/mol. The fourth-order valence-corrected chi connectivity index (χ4v) is 9.17. The SMILES string of the molecule is CCN(CC)C(C(=O)N1CCC[C@H]1c1ncc(-c2ccc(-c3ccc(-c4cnc([C@@H]5CCCN5C(=O)C[C@H](Cc5ccccc5)NC(=O)OC)[nH]4)cc3)cc2)[nH]1)c1ccccc1. The molecule has 0 spiro atoms. The summed E-state index contributed by atoms with van der Waals surface area (Å²) in [5.41, 5.74) is 8.08. The summed E-state index contributed by atoms with van der Waals surface area (Å²) in [6.45, 7) is 7.16. The van der Waals surface area contributed by atoms with Gasteiger partial charge in [-0.1, -0.05) is 123 Å². The molecular weight excluding hydrogens is 777 g/mol. The van der Waals surface area contributed by atoms with Gasteiger partial charge >= 0.3 is 6.09 Å². The molecule has 0 radical (unpaired) electrons. The van der Waals surface area contributed by atoms with Crippen LogP contribution < -0.4 is 5.32 Å². The number of alkyl carbamates (subject to hydrolysis) is 1. The van der Waals surface area contributed by atoms with E-state index >= 15 is 0 Å². The van der Waals surface area contributed by atoms with Crippen molar-refractivity contribution in [2.24, 2.45) is 0 Å². The molecule has 2 aliphatic heterocycles. The van der Waals surface area contributed by atoms with Crippen molar-refractivity contribution in [3.63, 3.8) is 0 Å². The molecule has 8 rings (SSSR count). The van der Waals surface area contributed by atoms with E-state index in [2.05, 4.69) is 94.7 Å². The van der Waals surface area contributed by atoms with Crippen molar-refractivity contribution in [2.75, 3.05) is 33.3 Å². The van der Waals surface area contributed by atoms with Crippen molar-refractivity contribution in [3.05, 3.63) is 144 Å². The number of likely N-dealkylation sites (tertiary alicyclic amines) is 2. The summed E-state index contributed by atoms with van der Waals surface area (Å²) < 4.78 is 4.86. The first-order valence-electron chi connectivity index (χ1n) is 21.9. The number of aromatic amines is 2. The van der Waals surface area contributed by atoms with Crippen molar-refractivity contribution in [1.29, 1.82) is 0 Å². The van der Waals surface area contributed by atoms with E-state index in [1.807, 2.05) is 70.7 Å². The first-order valence-corrected chi connectivity index (χ1v) is 21.9. The zero-order valence-corrected chi connectivity index (χ0v) is 35.8. The van der Waals surface area contributed by atoms with Crippen LogP contribution in [0.2, 0.25) is 0 Å². The van der Waals surface area contributed by atoms with Crippen molar-refractivity contribution in [1.82, 2.24) is 40.0 Å². The molecule has 2 saturated heterocycles. The van der Waals surface area contributed by atoms with E-state index in [0.717, 1.165) is 95.2 Å². The molecule has 3 amide bonds. The molecule has 0 saturated carbocycles. The predicted molar refractivity (Wildman–Crippen MR) is 241 cm³/mol. The molecule has 62 heavy (non-hydrogen) atoms. The number of rotatable bonds is 15. The van der Waals surface area contributed by atoms with Crippen LogP contribution in [0.5, 0.6) is 0 Å². The zero-order valence-electron chi connectivity index (χ0n) is 35.8. The molecule has 6 aromatic rings. The van der Waals surface area contributed by atoms with Crippen LogP contribution in [0.3, 0.4) is 0 Å². The van der Waals surface area contributed by atoms with Crippen LogP contribution in [-0.4, -0.2) is 91.9 Å². The Labute approximate surface area is 363 Å². The third-order valence-electron chi connectivity index (χ3n) is 12.4. The topological polar surface area (TPSA) is 140 Å². The lowest BCUT2D eigenvalue weighted by Gasteiger charge is -2.34. The molecule has 4 atom stereocenters. The van der Waals surface area contributed by atoms with Crippen molar-refractivity contribution in [3.8, 4) is 33.6 Å². The van der Waals surface area contributed by atoms with E-state index in [1.165, 1.54) is 7.11 Å². The molecule has 12 heteroatoms. The monoisotopic (exact) mass is 832 g/mol. The van der Waals surface area contributed by atoms with Crippen molar-refractivity contribution < 1.29 is 19.1 Å². The van der Waals surface area contributed by atoms with Crippen molar-refractivity contribution in [2.45, 2.75) is 76.5 Å². The van der Waals surface area contributed by atoms with E-state index < -0.39 is 12.1 Å². The average Bonchev–Trinajstić information content (AvgIpc) is 4.16. The lowest BCUT2D eigenvalue weighted by atomic mass is 10.0. The Morgan fingerprint density at radius 2 is 1.21 bits per heavy atom. The standard InChI is InChI=1S/C50H56N8O4/c1-4-56(5-2)46(39-16-10-7-11-17-39)49(60)58-29-13-19-44(58)48-52-33-42(55-48)38-26-22-36(23-27-38)35-20-24-37(25-21-35)41-32-51-47(54-41)43-18-12-28-57(43)45(59)31-40(53-50(61)62-3)30-34-14-8-6-9-15-34/h6-11,14-17,20-27,32-33,40,43-44,46H,4-5,12-13,18-19,28-31H2,1-3H3,(H,51,54)(H,52,55)(H,53,61)/t40-,43-,44-,46?/m0/s1. The van der Waals surface area contributed by atoms with Gasteiger partial charge in [-0.3, -0.25) is 14.5 Å². The number of nitrogens with one attached hydrogen (secondary N) is 3. The molecule has 2 aliphatic rings. The van der Waals surface area contributed by atoms with Crippen LogP contribution >= 0.6 is 0 Å². The highest BCUT2D eigenvalue weighted by atomic mass is 16.5. The second-order valence-corrected chi connectivity index (χ2v) is 16.2. The number of ether oxygens (including phenoxy) is 1. The third-order valence-corrected chi connectivity index (χ3v) is 12.4. The van der Waals surface area contributed by atoms with Gasteiger partial charge in [-0.05, 0) is 78.6 Å². The number of hydrogen-bond acceptors (Lipinski definition) is 7. The van der Waals surface area contributed by atoms with Gasteiger partial charge in [0.1, 0.15) is 17.7 Å². The normalized spacial score (nSPS) is 17.3. The minimum atomic E-state index is -0.551. The Morgan fingerprint density at radius 3 is 1.74 bits per heavy atom. The van der Waals surface area contributed by atoms with Gasteiger partial charge < -0.3 is 29.8 Å². The number of methoxy groups -OCH3 is 1. The Morgan fingerprint density at radius 1 is 0.710 bits per heavy atom. The number of nitrogens with zero attached hydrogens (tertiary/aromatic N) is 5. The van der Waals surface area contributed by atoms with Crippen LogP contribution in [0.1, 0.15) is 86.9 Å². The number of aromatic nitrogens is 4. The number of carbonyl (C=O) groups is 3. The minimum Gasteiger partial charge on any atom is -0.453 e. The van der Waals surface area contributed by atoms with Gasteiger partial charge in [0.05, 0.1) is 43.0 Å². The highest BCUT2D eigenvalue weighted by molar-refractivity contribution is 5.84. The maximum atomic E-state index is 14.2. The number of carbonyl (C=O) groups excluding carboxylic acids is 3. The summed E-state index contributed by atoms with van der Waals surface area (Å²) in [5, 5.41) is 2.86. The molecule has 4 aromatic carbocycles. The van der Waals surface area contributed by atoms with Gasteiger partial charge in [0.25, 0.3) is 0 Å². The van der Waals surface area contributed by atoms with Gasteiger partial charge in [-0.25, -0.2) is 14.8 Å². The zero-order chi connectivity index (χ0) is 43.0. The van der Waals surface area contributed by atoms with Crippen LogP contribution in [0.15, 0.2) is 122 Å². The van der Waals surface area contributed by atoms with E-state index in [4.69, 9.17) is 14.7 Å². The number of benzene rings is 4. The summed E-state index contributed by atoms with van der Waals surface area (Å²) in [6.07, 6.45) is 7.35. The lowest BCUT2D eigenvalue weighted by molar-refractivity contribution is -0.138. The summed E-state index contributed by atoms with van der Waals surface area (Å²) in [6, 6.07) is 35.8. The number of amides is 3. The fourth-order valence-electron chi connectivity index (χ4n) is 9.17. The third kappa shape index (κ3) is 9.35. The summed E-state index contributed by atoms with van der Waals surface area (Å²) in [4.78, 5) is 62.9. The number of likely N-dealkylation sites (N-methyl/N-ethyl adjacent to an activating group) is 1. The number of imidazole rings is 2. The summed E-state index contributed by atoms with van der Waals surface area (Å²) in [7, 11) is 1.33. The number of H-pyrrole nitrogens is 2. The molecular formula is C50H56N8O4. The summed E-state index contributed by atoms with van der Waals surface area (Å²) >= 11 is 0. The smallest absolute Gasteiger partial charge is 0.407 e. The van der Waals surface area contributed by atoms with Crippen molar-refractivity contribution >= 4 is 17.9 Å². The molecule has 2 aromatic heterocycles. The highest BCUT2D eigenvalue weighted by Crippen LogP contribution is 2.37. The highest BCUT2D eigenvalue weighted by Gasteiger charge is 2.38. The Balaban J connectivity index is 0.906. The van der Waals surface area contributed by atoms with Gasteiger partial charge in [0.15, 0.2) is 0 Å². The van der Waals surface area contributed by atoms with E-state index in [1.54, 1.807) is 0 Å². The maximum Gasteiger partial charge on any atom is 0.407 e. The molecule has 2 fully saturated rings. The van der Waals surface area contributed by atoms with E-state index in [9.17, 15) is 14.4 Å². The largest absolute Gasteiger partial charge is 0.453 e. The molecule has 1 unspecified atom stereocenters. The second-order valence-electron chi connectivity index (χ2n) is 16.2. The number of hydrogen-bond donors (Lipinski definition) is 3. The fraction of sp³-hybridized carbons (Fsp3) is 0.340. The molecule has 12 nitrogen and oxygen atoms in total. The van der Waals surface area contributed by atoms with Gasteiger partial charge in [0.2, 0.25) is 11.8 Å². The van der Waals surface area contributed by atoms with Crippen LogP contribution in [-0.2, 0) is 20.7 Å². The Hall–Kier alpha value is -6.53. The first kappa shape index (κ1) is 42.2. The molecule has 0 aliphatic carbocycles. The molecule has 0 bridgehead atoms. The minimum absolute atomic E-state index is 0.0262. The van der Waals surface area contributed by atoms with E-state index in [0.29, 0.717) is 19.5 Å². The predicted octanol–water partition coefficient (Wildman–Crippen LogP) is 8.90. The molecule has 4 heterocycles. The quantitative estimate of drug-likeness (QED) is 0.0940. The molecule has 3 N–H and O–H groups in total. The summed E-state index contributed by atoms with van der Waals surface area (Å²) in [5.74, 6) is 1.69. The van der Waals surface area contributed by atoms with Crippen LogP contribution in [0.4, 0.5) is 4.79 Å².